The van der Waals surface area contributed by atoms with E-state index in [-0.39, 0.29) is 10.8 Å². The van der Waals surface area contributed by atoms with E-state index in [1.807, 2.05) is 11.3 Å². The molecule has 9 aromatic rings. The van der Waals surface area contributed by atoms with Gasteiger partial charge < -0.3 is 4.90 Å². The summed E-state index contributed by atoms with van der Waals surface area (Å²) in [5.74, 6) is 0. The average Bonchev–Trinajstić information content (AvgIpc) is 4.01. The molecule has 1 aromatic heterocycles. The van der Waals surface area contributed by atoms with Gasteiger partial charge in [0, 0.05) is 42.3 Å². The van der Waals surface area contributed by atoms with Crippen molar-refractivity contribution in [1.29, 1.82) is 0 Å². The topological polar surface area (TPSA) is 3.24 Å². The number of nitrogens with zero attached hydrogens (tertiary/aromatic N) is 1. The van der Waals surface area contributed by atoms with Crippen molar-refractivity contribution in [2.24, 2.45) is 0 Å². The van der Waals surface area contributed by atoms with Crippen molar-refractivity contribution >= 4 is 59.3 Å². The molecule has 0 unspecified atom stereocenters. The highest BCUT2D eigenvalue weighted by atomic mass is 32.1. The molecule has 0 radical (unpaired) electrons. The summed E-state index contributed by atoms with van der Waals surface area (Å²) in [7, 11) is 0. The van der Waals surface area contributed by atoms with Gasteiger partial charge in [-0.2, -0.15) is 0 Å². The maximum Gasteiger partial charge on any atom is 0.0555 e. The molecule has 0 bridgehead atoms. The quantitative estimate of drug-likeness (QED) is 0.174. The minimum atomic E-state index is -0.140. The molecule has 1 heterocycles. The molecule has 1 saturated carbocycles. The van der Waals surface area contributed by atoms with Gasteiger partial charge in [-0.05, 0) is 104 Å². The lowest BCUT2D eigenvalue weighted by Crippen LogP contribution is -2.21. The first-order valence-corrected chi connectivity index (χ1v) is 21.0. The van der Waals surface area contributed by atoms with E-state index in [9.17, 15) is 0 Å². The lowest BCUT2D eigenvalue weighted by atomic mass is 9.76. The molecule has 12 rings (SSSR count). The average molecular weight is 736 g/mol. The standard InChI is InChI=1S/C54H41NS/c1-53(2)44-22-8-5-18-38(44)41-20-13-21-42(51(41)53)40-19-7-10-24-47(40)55(35-28-30-39-37-17-6-9-23-45(37)54(46(39)33-35)31-11-12-32-54)48-25-14-26-49-50(48)43-29-27-34-15-3-4-16-36(34)52(43)56-49/h3-10,13-30,33H,11-12,31-32H2,1-2H3. The minimum Gasteiger partial charge on any atom is -0.309 e. The summed E-state index contributed by atoms with van der Waals surface area (Å²) in [5, 5.41) is 5.25. The number of para-hydroxylation sites is 1. The van der Waals surface area contributed by atoms with Gasteiger partial charge in [-0.3, -0.25) is 0 Å². The highest BCUT2D eigenvalue weighted by molar-refractivity contribution is 7.26. The maximum absolute atomic E-state index is 2.61. The zero-order valence-electron chi connectivity index (χ0n) is 31.8. The van der Waals surface area contributed by atoms with Crippen LogP contribution in [0.4, 0.5) is 17.1 Å². The molecule has 2 heteroatoms. The Morgan fingerprint density at radius 2 is 1.11 bits per heavy atom. The van der Waals surface area contributed by atoms with Crippen LogP contribution in [-0.4, -0.2) is 0 Å². The lowest BCUT2D eigenvalue weighted by molar-refractivity contribution is 0.550. The number of fused-ring (bicyclic) bond motifs is 13. The SMILES string of the molecule is CC1(C)c2ccccc2-c2cccc(-c3ccccc3N(c3ccc4c(c3)C3(CCCC3)c3ccccc3-4)c3cccc4sc5c6ccccc6ccc5c34)c21. The lowest BCUT2D eigenvalue weighted by Gasteiger charge is -2.32. The Morgan fingerprint density at radius 3 is 1.95 bits per heavy atom. The van der Waals surface area contributed by atoms with E-state index in [0.29, 0.717) is 0 Å². The van der Waals surface area contributed by atoms with E-state index < -0.39 is 0 Å². The van der Waals surface area contributed by atoms with Crippen LogP contribution in [0.25, 0.3) is 64.3 Å². The van der Waals surface area contributed by atoms with Crippen LogP contribution in [0, 0.1) is 0 Å². The van der Waals surface area contributed by atoms with Crippen LogP contribution in [-0.2, 0) is 10.8 Å². The first-order valence-electron chi connectivity index (χ1n) is 20.2. The maximum atomic E-state index is 2.61. The van der Waals surface area contributed by atoms with Crippen molar-refractivity contribution in [3.63, 3.8) is 0 Å². The van der Waals surface area contributed by atoms with Crippen molar-refractivity contribution < 1.29 is 0 Å². The van der Waals surface area contributed by atoms with Gasteiger partial charge in [0.25, 0.3) is 0 Å². The summed E-state index contributed by atoms with van der Waals surface area (Å²) in [6.45, 7) is 4.81. The molecular weight excluding hydrogens is 695 g/mol. The fourth-order valence-corrected chi connectivity index (χ4v) is 12.5. The Labute approximate surface area is 332 Å². The Bertz CT molecular complexity index is 3080. The molecule has 0 N–H and O–H groups in total. The Morgan fingerprint density at radius 1 is 0.482 bits per heavy atom. The predicted octanol–water partition coefficient (Wildman–Crippen LogP) is 15.5. The van der Waals surface area contributed by atoms with Crippen molar-refractivity contribution in [2.45, 2.75) is 50.4 Å². The van der Waals surface area contributed by atoms with Crippen LogP contribution in [0.2, 0.25) is 0 Å². The molecule has 268 valence electrons. The third-order valence-electron chi connectivity index (χ3n) is 13.6. The van der Waals surface area contributed by atoms with Crippen LogP contribution < -0.4 is 4.90 Å². The fourth-order valence-electron chi connectivity index (χ4n) is 11.2. The molecular formula is C54H41NS. The van der Waals surface area contributed by atoms with E-state index in [0.717, 1.165) is 0 Å². The monoisotopic (exact) mass is 735 g/mol. The number of thiophene rings is 1. The van der Waals surface area contributed by atoms with Crippen molar-refractivity contribution in [2.75, 3.05) is 4.90 Å². The van der Waals surface area contributed by atoms with Gasteiger partial charge in [0.2, 0.25) is 0 Å². The van der Waals surface area contributed by atoms with Crippen LogP contribution in [0.5, 0.6) is 0 Å². The Balaban J connectivity index is 1.15. The van der Waals surface area contributed by atoms with Crippen molar-refractivity contribution in [1.82, 2.24) is 0 Å². The largest absolute Gasteiger partial charge is 0.309 e. The van der Waals surface area contributed by atoms with E-state index in [1.165, 1.54) is 129 Å². The zero-order chi connectivity index (χ0) is 37.2. The van der Waals surface area contributed by atoms with Crippen LogP contribution in [0.1, 0.15) is 61.8 Å². The first kappa shape index (κ1) is 32.3. The summed E-state index contributed by atoms with van der Waals surface area (Å²) in [4.78, 5) is 2.61. The smallest absolute Gasteiger partial charge is 0.0555 e. The van der Waals surface area contributed by atoms with Crippen molar-refractivity contribution in [3.8, 4) is 33.4 Å². The number of hydrogen-bond donors (Lipinski definition) is 0. The minimum absolute atomic E-state index is 0.0726. The van der Waals surface area contributed by atoms with Gasteiger partial charge >= 0.3 is 0 Å². The van der Waals surface area contributed by atoms with Crippen molar-refractivity contribution in [3.05, 3.63) is 186 Å². The molecule has 1 fully saturated rings. The second-order valence-electron chi connectivity index (χ2n) is 16.7. The molecule has 0 amide bonds. The second-order valence-corrected chi connectivity index (χ2v) is 17.8. The highest BCUT2D eigenvalue weighted by Crippen LogP contribution is 2.59. The van der Waals surface area contributed by atoms with Crippen LogP contribution >= 0.6 is 11.3 Å². The number of hydrogen-bond acceptors (Lipinski definition) is 2. The number of benzene rings is 8. The highest BCUT2D eigenvalue weighted by Gasteiger charge is 2.45. The Hall–Kier alpha value is -5.96. The van der Waals surface area contributed by atoms with Gasteiger partial charge in [0.15, 0.2) is 0 Å². The molecule has 0 aliphatic heterocycles. The second kappa shape index (κ2) is 11.8. The molecule has 3 aliphatic rings. The summed E-state index contributed by atoms with van der Waals surface area (Å²) >= 11 is 1.92. The molecule has 8 aromatic carbocycles. The summed E-state index contributed by atoms with van der Waals surface area (Å²) in [6.07, 6.45) is 4.97. The Kier molecular flexibility index (Phi) is 6.79. The molecule has 0 saturated heterocycles. The molecule has 1 nitrogen and oxygen atoms in total. The molecule has 3 aliphatic carbocycles. The summed E-state index contributed by atoms with van der Waals surface area (Å²) in [6, 6.07) is 62.3. The van der Waals surface area contributed by atoms with E-state index in [2.05, 4.69) is 183 Å². The zero-order valence-corrected chi connectivity index (χ0v) is 32.6. The van der Waals surface area contributed by atoms with Gasteiger partial charge in [-0.15, -0.1) is 11.3 Å². The normalized spacial score (nSPS) is 15.7. The molecule has 56 heavy (non-hydrogen) atoms. The third kappa shape index (κ3) is 4.31. The van der Waals surface area contributed by atoms with Gasteiger partial charge in [0.05, 0.1) is 11.4 Å². The van der Waals surface area contributed by atoms with Gasteiger partial charge in [-0.1, -0.05) is 160 Å². The van der Waals surface area contributed by atoms with Gasteiger partial charge in [-0.25, -0.2) is 0 Å². The number of rotatable bonds is 4. The summed E-state index contributed by atoms with van der Waals surface area (Å²) in [5.41, 5.74) is 17.5. The van der Waals surface area contributed by atoms with E-state index in [4.69, 9.17) is 0 Å². The predicted molar refractivity (Wildman–Crippen MR) is 239 cm³/mol. The van der Waals surface area contributed by atoms with Crippen LogP contribution in [0.3, 0.4) is 0 Å². The molecule has 1 spiro atoms. The number of anilines is 3. The van der Waals surface area contributed by atoms with E-state index in [1.54, 1.807) is 0 Å². The first-order chi connectivity index (χ1) is 27.5. The molecule has 0 atom stereocenters. The van der Waals surface area contributed by atoms with Crippen LogP contribution in [0.15, 0.2) is 164 Å². The fraction of sp³-hybridized carbons (Fsp3) is 0.148. The summed E-state index contributed by atoms with van der Waals surface area (Å²) < 4.78 is 2.67. The third-order valence-corrected chi connectivity index (χ3v) is 14.8. The van der Waals surface area contributed by atoms with E-state index >= 15 is 0 Å². The van der Waals surface area contributed by atoms with Gasteiger partial charge in [0.1, 0.15) is 0 Å².